The van der Waals surface area contributed by atoms with Crippen molar-refractivity contribution < 1.29 is 28.4 Å². The van der Waals surface area contributed by atoms with Crippen LogP contribution in [0.25, 0.3) is 23.3 Å². The molecular formula is C49H45FN4O5S. The summed E-state index contributed by atoms with van der Waals surface area (Å²) in [4.78, 5) is 69.7. The van der Waals surface area contributed by atoms with E-state index in [1.54, 1.807) is 65.6 Å². The van der Waals surface area contributed by atoms with E-state index in [0.717, 1.165) is 40.6 Å². The first-order valence-corrected chi connectivity index (χ1v) is 20.7. The molecule has 11 heteroatoms. The molecule has 5 aromatic carbocycles. The van der Waals surface area contributed by atoms with Gasteiger partial charge >= 0.3 is 0 Å². The molecule has 0 saturated carbocycles. The van der Waals surface area contributed by atoms with Crippen molar-refractivity contribution in [1.82, 2.24) is 20.4 Å². The number of imide groups is 1. The highest BCUT2D eigenvalue weighted by molar-refractivity contribution is 8.18. The fourth-order valence-corrected chi connectivity index (χ4v) is 8.37. The van der Waals surface area contributed by atoms with E-state index in [1.807, 2.05) is 30.3 Å². The third kappa shape index (κ3) is 10.2. The van der Waals surface area contributed by atoms with Crippen molar-refractivity contribution in [2.24, 2.45) is 5.92 Å². The number of carbonyl (C=O) groups is 5. The van der Waals surface area contributed by atoms with Crippen molar-refractivity contribution in [2.45, 2.75) is 38.9 Å². The molecule has 2 fully saturated rings. The normalized spacial score (nSPS) is 17.2. The van der Waals surface area contributed by atoms with Gasteiger partial charge in [-0.05, 0) is 94.4 Å². The summed E-state index contributed by atoms with van der Waals surface area (Å²) in [5.41, 5.74) is 5.67. The third-order valence-electron chi connectivity index (χ3n) is 10.6. The summed E-state index contributed by atoms with van der Waals surface area (Å²) in [5.74, 6) is -1.60. The van der Waals surface area contributed by atoms with E-state index >= 15 is 0 Å². The Morgan fingerprint density at radius 2 is 1.52 bits per heavy atom. The first-order chi connectivity index (χ1) is 29.0. The summed E-state index contributed by atoms with van der Waals surface area (Å²) in [7, 11) is 0. The van der Waals surface area contributed by atoms with Gasteiger partial charge in [-0.2, -0.15) is 0 Å². The molecule has 1 unspecified atom stereocenters. The lowest BCUT2D eigenvalue weighted by molar-refractivity contribution is -0.117. The number of amides is 4. The van der Waals surface area contributed by atoms with Gasteiger partial charge in [-0.1, -0.05) is 111 Å². The van der Waals surface area contributed by atoms with Crippen molar-refractivity contribution in [3.63, 3.8) is 0 Å². The van der Waals surface area contributed by atoms with Crippen LogP contribution in [-0.2, 0) is 16.1 Å². The van der Waals surface area contributed by atoms with Gasteiger partial charge in [0.15, 0.2) is 5.78 Å². The van der Waals surface area contributed by atoms with Crippen molar-refractivity contribution in [2.75, 3.05) is 19.6 Å². The van der Waals surface area contributed by atoms with Crippen LogP contribution in [-0.4, -0.2) is 70.3 Å². The number of thioether (sulfide) groups is 1. The SMILES string of the molecule is CC(C)CN(Cc1ccccc1-c1ccccc1)C1C[C@@H](CNC(=O)/C=C/c2ccc(/C=C3\SC(=O)NC3=O)cc2)N(C(=O)c2ccccc2C(=O)c2ccc(F)cc2)C1. The Morgan fingerprint density at radius 1 is 0.850 bits per heavy atom. The number of nitrogens with zero attached hydrogens (tertiary/aromatic N) is 2. The van der Waals surface area contributed by atoms with E-state index in [4.69, 9.17) is 0 Å². The summed E-state index contributed by atoms with van der Waals surface area (Å²) in [6, 6.07) is 37.4. The Bertz CT molecular complexity index is 2450. The van der Waals surface area contributed by atoms with Gasteiger partial charge in [-0.15, -0.1) is 0 Å². The minimum Gasteiger partial charge on any atom is -0.350 e. The highest BCUT2D eigenvalue weighted by atomic mass is 32.2. The number of likely N-dealkylation sites (tertiary alicyclic amines) is 1. The number of ketones is 1. The molecule has 5 aromatic rings. The Labute approximate surface area is 353 Å². The molecule has 0 spiro atoms. The molecular weight excluding hydrogens is 776 g/mol. The number of hydrogen-bond acceptors (Lipinski definition) is 7. The zero-order valence-corrected chi connectivity index (χ0v) is 34.2. The average Bonchev–Trinajstić information content (AvgIpc) is 3.83. The fraction of sp³-hybridized carbons (Fsp3) is 0.204. The minimum absolute atomic E-state index is 0.0575. The maximum absolute atomic E-state index is 14.7. The second-order valence-corrected chi connectivity index (χ2v) is 16.3. The molecule has 0 aromatic heterocycles. The van der Waals surface area contributed by atoms with Crippen LogP contribution in [0.2, 0.25) is 0 Å². The van der Waals surface area contributed by atoms with Crippen LogP contribution < -0.4 is 10.6 Å². The van der Waals surface area contributed by atoms with Crippen LogP contribution in [0, 0.1) is 11.7 Å². The molecule has 2 saturated heterocycles. The fourth-order valence-electron chi connectivity index (χ4n) is 7.69. The van der Waals surface area contributed by atoms with Gasteiger partial charge < -0.3 is 10.2 Å². The van der Waals surface area contributed by atoms with E-state index < -0.39 is 23.0 Å². The molecule has 0 aliphatic carbocycles. The molecule has 60 heavy (non-hydrogen) atoms. The second kappa shape index (κ2) is 19.1. The molecule has 0 radical (unpaired) electrons. The maximum atomic E-state index is 14.7. The molecule has 0 bridgehead atoms. The highest BCUT2D eigenvalue weighted by Crippen LogP contribution is 2.31. The second-order valence-electron chi connectivity index (χ2n) is 15.3. The standard InChI is InChI=1S/C49H45FN4O5S/c1-32(2)29-53(30-37-12-6-7-13-41(37)35-10-4-3-5-11-35)40-27-39(28-51-45(55)25-20-33-16-18-34(19-17-33)26-44-47(57)52-49(59)60-44)54(31-40)48(58)43-15-9-8-14-42(43)46(56)36-21-23-38(50)24-22-36/h3-26,32,39-40H,27-31H2,1-2H3,(H,51,55)(H,52,57,59)/b25-20+,44-26-/t39-,40?/m0/s1. The van der Waals surface area contributed by atoms with Crippen LogP contribution in [0.5, 0.6) is 0 Å². The summed E-state index contributed by atoms with van der Waals surface area (Å²) >= 11 is 0.849. The number of rotatable bonds is 14. The lowest BCUT2D eigenvalue weighted by atomic mass is 9.97. The molecule has 2 atom stereocenters. The van der Waals surface area contributed by atoms with Gasteiger partial charge in [0, 0.05) is 49.4 Å². The average molecular weight is 821 g/mol. The van der Waals surface area contributed by atoms with E-state index in [1.165, 1.54) is 35.9 Å². The van der Waals surface area contributed by atoms with Crippen molar-refractivity contribution in [3.05, 3.63) is 178 Å². The summed E-state index contributed by atoms with van der Waals surface area (Å²) in [6.07, 6.45) is 5.34. The lowest BCUT2D eigenvalue weighted by Gasteiger charge is -2.31. The first kappa shape index (κ1) is 41.7. The number of halogens is 1. The van der Waals surface area contributed by atoms with Crippen molar-refractivity contribution >= 4 is 52.7 Å². The Kier molecular flexibility index (Phi) is 13.3. The van der Waals surface area contributed by atoms with Gasteiger partial charge in [0.05, 0.1) is 16.5 Å². The molecule has 7 rings (SSSR count). The number of nitrogens with one attached hydrogen (secondary N) is 2. The largest absolute Gasteiger partial charge is 0.350 e. The van der Waals surface area contributed by atoms with Crippen molar-refractivity contribution in [3.8, 4) is 11.1 Å². The topological polar surface area (TPSA) is 116 Å². The Morgan fingerprint density at radius 3 is 2.22 bits per heavy atom. The highest BCUT2D eigenvalue weighted by Gasteiger charge is 2.39. The predicted molar refractivity (Wildman–Crippen MR) is 234 cm³/mol. The number of hydrogen-bond donors (Lipinski definition) is 2. The van der Waals surface area contributed by atoms with Crippen LogP contribution >= 0.6 is 11.8 Å². The van der Waals surface area contributed by atoms with Gasteiger partial charge in [0.25, 0.3) is 17.1 Å². The van der Waals surface area contributed by atoms with E-state index in [2.05, 4.69) is 53.6 Å². The van der Waals surface area contributed by atoms with Gasteiger partial charge in [-0.25, -0.2) is 4.39 Å². The van der Waals surface area contributed by atoms with Crippen LogP contribution in [0.1, 0.15) is 63.2 Å². The molecule has 304 valence electrons. The molecule has 2 N–H and O–H groups in total. The zero-order valence-electron chi connectivity index (χ0n) is 33.3. The molecule has 2 aliphatic rings. The molecule has 4 amide bonds. The zero-order chi connectivity index (χ0) is 42.2. The van der Waals surface area contributed by atoms with Gasteiger partial charge in [0.2, 0.25) is 5.91 Å². The minimum atomic E-state index is -0.461. The van der Waals surface area contributed by atoms with Crippen LogP contribution in [0.3, 0.4) is 0 Å². The lowest BCUT2D eigenvalue weighted by Crippen LogP contribution is -2.43. The van der Waals surface area contributed by atoms with E-state index in [-0.39, 0.29) is 46.9 Å². The third-order valence-corrected chi connectivity index (χ3v) is 11.4. The number of benzene rings is 5. The van der Waals surface area contributed by atoms with Crippen LogP contribution in [0.15, 0.2) is 138 Å². The quantitative estimate of drug-likeness (QED) is 0.0852. The Hall–Kier alpha value is -6.43. The predicted octanol–water partition coefficient (Wildman–Crippen LogP) is 8.62. The van der Waals surface area contributed by atoms with Crippen LogP contribution in [0.4, 0.5) is 9.18 Å². The Balaban J connectivity index is 1.12. The van der Waals surface area contributed by atoms with E-state index in [9.17, 15) is 28.4 Å². The van der Waals surface area contributed by atoms with Gasteiger partial charge in [-0.3, -0.25) is 34.2 Å². The smallest absolute Gasteiger partial charge is 0.290 e. The summed E-state index contributed by atoms with van der Waals surface area (Å²) < 4.78 is 13.8. The number of carbonyl (C=O) groups excluding carboxylic acids is 5. The monoisotopic (exact) mass is 820 g/mol. The molecule has 2 heterocycles. The molecule has 2 aliphatic heterocycles. The first-order valence-electron chi connectivity index (χ1n) is 19.9. The summed E-state index contributed by atoms with van der Waals surface area (Å²) in [5, 5.41) is 4.85. The van der Waals surface area contributed by atoms with E-state index in [0.29, 0.717) is 30.3 Å². The van der Waals surface area contributed by atoms with Gasteiger partial charge in [0.1, 0.15) is 5.82 Å². The molecule has 9 nitrogen and oxygen atoms in total. The van der Waals surface area contributed by atoms with Crippen molar-refractivity contribution in [1.29, 1.82) is 0 Å². The summed E-state index contributed by atoms with van der Waals surface area (Å²) in [6.45, 7) is 6.34. The maximum Gasteiger partial charge on any atom is 0.290 e.